The minimum Gasteiger partial charge on any atom is -0.299 e. The lowest BCUT2D eigenvalue weighted by molar-refractivity contribution is 0.632. The zero-order chi connectivity index (χ0) is 10.1. The average Bonchev–Trinajstić information content (AvgIpc) is 2.10. The predicted molar refractivity (Wildman–Crippen MR) is 50.8 cm³/mol. The van der Waals surface area contributed by atoms with Gasteiger partial charge in [-0.25, -0.2) is 0 Å². The van der Waals surface area contributed by atoms with Crippen molar-refractivity contribution in [2.75, 3.05) is 13.1 Å². The maximum absolute atomic E-state index is 8.64. The molecule has 0 amide bonds. The van der Waals surface area contributed by atoms with Gasteiger partial charge in [0, 0.05) is 11.5 Å². The Hall–Kier alpha value is -1.50. The molecular weight excluding hydrogens is 166 g/mol. The minimum atomic E-state index is -0.300. The molecule has 0 aromatic rings. The molecule has 13 heavy (non-hydrogen) atoms. The molecule has 1 N–H and O–H groups in total. The molecule has 0 bridgehead atoms. The van der Waals surface area contributed by atoms with Crippen LogP contribution < -0.4 is 5.32 Å². The Labute approximate surface area is 77.7 Å². The molecule has 1 unspecified atom stereocenters. The highest BCUT2D eigenvalue weighted by Crippen LogP contribution is 1.95. The van der Waals surface area contributed by atoms with Gasteiger partial charge in [-0.3, -0.25) is 5.32 Å². The molecule has 1 atom stereocenters. The van der Waals surface area contributed by atoms with Crippen LogP contribution in [0.5, 0.6) is 0 Å². The Bertz CT molecular complexity index is 246. The highest BCUT2D eigenvalue weighted by molar-refractivity contribution is 5.12. The summed E-state index contributed by atoms with van der Waals surface area (Å²) in [5, 5.41) is 15.0. The first kappa shape index (κ1) is 11.5. The molecule has 0 saturated carbocycles. The summed E-state index contributed by atoms with van der Waals surface area (Å²) < 4.78 is 0. The van der Waals surface area contributed by atoms with Gasteiger partial charge in [0.1, 0.15) is 6.04 Å². The summed E-state index contributed by atoms with van der Waals surface area (Å²) in [6.45, 7) is 6.59. The zero-order valence-corrected chi connectivity index (χ0v) is 7.69. The van der Waals surface area contributed by atoms with E-state index in [4.69, 9.17) is 10.8 Å². The Morgan fingerprint density at radius 1 is 1.85 bits per heavy atom. The van der Waals surface area contributed by atoms with E-state index in [1.165, 1.54) is 0 Å². The molecule has 0 fully saturated rings. The summed E-state index contributed by atoms with van der Waals surface area (Å²) in [6, 6.07) is 1.78. The van der Waals surface area contributed by atoms with E-state index < -0.39 is 0 Å². The molecular formula is C8H13N5. The lowest BCUT2D eigenvalue weighted by Gasteiger charge is -2.09. The van der Waals surface area contributed by atoms with Crippen molar-refractivity contribution >= 4 is 0 Å². The third-order valence-electron chi connectivity index (χ3n) is 1.47. The zero-order valence-electron chi connectivity index (χ0n) is 7.69. The van der Waals surface area contributed by atoms with Crippen LogP contribution in [0.2, 0.25) is 0 Å². The largest absolute Gasteiger partial charge is 0.299 e. The molecule has 0 radical (unpaired) electrons. The summed E-state index contributed by atoms with van der Waals surface area (Å²) in [7, 11) is 0. The monoisotopic (exact) mass is 179 g/mol. The second kappa shape index (κ2) is 7.17. The van der Waals surface area contributed by atoms with E-state index in [1.807, 2.05) is 0 Å². The van der Waals surface area contributed by atoms with Gasteiger partial charge in [-0.1, -0.05) is 11.7 Å². The smallest absolute Gasteiger partial charge is 0.116 e. The number of nitrogens with one attached hydrogen (secondary N) is 1. The van der Waals surface area contributed by atoms with Crippen LogP contribution >= 0.6 is 0 Å². The van der Waals surface area contributed by atoms with E-state index in [1.54, 1.807) is 6.92 Å². The maximum Gasteiger partial charge on any atom is 0.116 e. The molecule has 0 aliphatic carbocycles. The Morgan fingerprint density at radius 2 is 2.54 bits per heavy atom. The van der Waals surface area contributed by atoms with Gasteiger partial charge in [0.2, 0.25) is 0 Å². The molecule has 0 rings (SSSR count). The average molecular weight is 179 g/mol. The van der Waals surface area contributed by atoms with Gasteiger partial charge in [-0.2, -0.15) is 5.26 Å². The molecule has 0 spiro atoms. The van der Waals surface area contributed by atoms with Gasteiger partial charge in [-0.15, -0.1) is 0 Å². The van der Waals surface area contributed by atoms with Crippen molar-refractivity contribution in [3.8, 4) is 6.07 Å². The molecule has 0 aromatic heterocycles. The minimum absolute atomic E-state index is 0.300. The van der Waals surface area contributed by atoms with Crippen LogP contribution in [0.15, 0.2) is 17.3 Å². The van der Waals surface area contributed by atoms with Crippen molar-refractivity contribution in [2.24, 2.45) is 5.11 Å². The third-order valence-corrected chi connectivity index (χ3v) is 1.47. The lowest BCUT2D eigenvalue weighted by Crippen LogP contribution is -2.29. The summed E-state index contributed by atoms with van der Waals surface area (Å²) in [4.78, 5) is 2.62. The number of hydrogen-bond donors (Lipinski definition) is 1. The Balaban J connectivity index is 3.57. The van der Waals surface area contributed by atoms with Gasteiger partial charge in [0.25, 0.3) is 0 Å². The molecule has 5 nitrogen and oxygen atoms in total. The third kappa shape index (κ3) is 5.74. The van der Waals surface area contributed by atoms with Crippen LogP contribution in [0.25, 0.3) is 10.4 Å². The van der Waals surface area contributed by atoms with Crippen LogP contribution in [-0.2, 0) is 0 Å². The van der Waals surface area contributed by atoms with Crippen molar-refractivity contribution < 1.29 is 0 Å². The molecule has 0 saturated heterocycles. The normalized spacial score (nSPS) is 11.1. The molecule has 0 aliphatic rings. The maximum atomic E-state index is 8.64. The molecule has 70 valence electrons. The van der Waals surface area contributed by atoms with Gasteiger partial charge in [0.05, 0.1) is 6.07 Å². The van der Waals surface area contributed by atoms with E-state index in [0.717, 1.165) is 12.0 Å². The van der Waals surface area contributed by atoms with Crippen LogP contribution in [0.1, 0.15) is 13.3 Å². The highest BCUT2D eigenvalue weighted by atomic mass is 15.1. The van der Waals surface area contributed by atoms with Gasteiger partial charge in [-0.05, 0) is 31.0 Å². The van der Waals surface area contributed by atoms with E-state index in [0.29, 0.717) is 13.1 Å². The van der Waals surface area contributed by atoms with E-state index >= 15 is 0 Å². The fourth-order valence-electron chi connectivity index (χ4n) is 0.771. The van der Waals surface area contributed by atoms with E-state index in [9.17, 15) is 0 Å². The van der Waals surface area contributed by atoms with E-state index in [2.05, 4.69) is 28.0 Å². The second-order valence-electron chi connectivity index (χ2n) is 2.67. The topological polar surface area (TPSA) is 84.6 Å². The standard InChI is InChI=1S/C8H13N5/c1-7(2)8(6-9)11-4-3-5-12-13-10/h8,11H,1,3-5H2,2H3. The van der Waals surface area contributed by atoms with Crippen LogP contribution in [0.4, 0.5) is 0 Å². The first-order valence-electron chi connectivity index (χ1n) is 4.01. The molecule has 0 heterocycles. The first-order chi connectivity index (χ1) is 6.22. The van der Waals surface area contributed by atoms with Gasteiger partial charge >= 0.3 is 0 Å². The number of azide groups is 1. The SMILES string of the molecule is C=C(C)C(C#N)NCCCN=[N+]=[N-]. The van der Waals surface area contributed by atoms with Crippen LogP contribution in [0, 0.1) is 11.3 Å². The van der Waals surface area contributed by atoms with Crippen LogP contribution in [-0.4, -0.2) is 19.1 Å². The first-order valence-corrected chi connectivity index (χ1v) is 4.01. The Morgan fingerprint density at radius 3 is 3.00 bits per heavy atom. The fraction of sp³-hybridized carbons (Fsp3) is 0.625. The number of hydrogen-bond acceptors (Lipinski definition) is 3. The summed E-state index contributed by atoms with van der Waals surface area (Å²) >= 11 is 0. The lowest BCUT2D eigenvalue weighted by atomic mass is 10.2. The number of nitrogens with zero attached hydrogens (tertiary/aromatic N) is 4. The summed E-state index contributed by atoms with van der Waals surface area (Å²) in [5.41, 5.74) is 8.78. The van der Waals surface area contributed by atoms with E-state index in [-0.39, 0.29) is 6.04 Å². The van der Waals surface area contributed by atoms with Crippen LogP contribution in [0.3, 0.4) is 0 Å². The van der Waals surface area contributed by atoms with Crippen molar-refractivity contribution in [3.05, 3.63) is 22.6 Å². The molecule has 5 heteroatoms. The van der Waals surface area contributed by atoms with Crippen molar-refractivity contribution in [3.63, 3.8) is 0 Å². The fourth-order valence-corrected chi connectivity index (χ4v) is 0.771. The van der Waals surface area contributed by atoms with Crippen molar-refractivity contribution in [1.29, 1.82) is 5.26 Å². The quantitative estimate of drug-likeness (QED) is 0.221. The number of nitriles is 1. The highest BCUT2D eigenvalue weighted by Gasteiger charge is 2.04. The van der Waals surface area contributed by atoms with Gasteiger partial charge < -0.3 is 0 Å². The van der Waals surface area contributed by atoms with Crippen molar-refractivity contribution in [1.82, 2.24) is 5.32 Å². The summed E-state index contributed by atoms with van der Waals surface area (Å²) in [5.74, 6) is 0. The van der Waals surface area contributed by atoms with Gasteiger partial charge in [0.15, 0.2) is 0 Å². The predicted octanol–water partition coefficient (Wildman–Crippen LogP) is 1.74. The Kier molecular flexibility index (Phi) is 6.34. The second-order valence-corrected chi connectivity index (χ2v) is 2.67. The molecule has 0 aromatic carbocycles. The van der Waals surface area contributed by atoms with Crippen molar-refractivity contribution in [2.45, 2.75) is 19.4 Å². The molecule has 0 aliphatic heterocycles. The number of rotatable bonds is 6. The summed E-state index contributed by atoms with van der Waals surface area (Å²) in [6.07, 6.45) is 0.732.